The summed E-state index contributed by atoms with van der Waals surface area (Å²) in [6, 6.07) is 14.8. The van der Waals surface area contributed by atoms with Gasteiger partial charge in [0.25, 0.3) is 5.56 Å². The Morgan fingerprint density at radius 3 is 2.33 bits per heavy atom. The van der Waals surface area contributed by atoms with Crippen LogP contribution in [0.3, 0.4) is 0 Å². The van der Waals surface area contributed by atoms with Gasteiger partial charge in [0.2, 0.25) is 5.78 Å². The number of halogens is 2. The third kappa shape index (κ3) is 3.14. The zero-order valence-corrected chi connectivity index (χ0v) is 17.0. The van der Waals surface area contributed by atoms with Gasteiger partial charge in [0.15, 0.2) is 0 Å². The van der Waals surface area contributed by atoms with E-state index in [1.54, 1.807) is 35.7 Å². The summed E-state index contributed by atoms with van der Waals surface area (Å²) in [5.41, 5.74) is 1.56. The van der Waals surface area contributed by atoms with Gasteiger partial charge in [-0.15, -0.1) is 16.4 Å². The minimum absolute atomic E-state index is 0.168. The molecule has 0 fully saturated rings. The lowest BCUT2D eigenvalue weighted by Crippen LogP contribution is -2.26. The van der Waals surface area contributed by atoms with Crippen molar-refractivity contribution in [3.63, 3.8) is 0 Å². The Labute approximate surface area is 178 Å². The molecule has 0 aliphatic rings. The molecule has 2 aromatic carbocycles. The summed E-state index contributed by atoms with van der Waals surface area (Å²) in [5, 5.41) is 6.83. The number of hydrogen-bond acceptors (Lipinski definition) is 4. The molecule has 3 aromatic heterocycles. The first kappa shape index (κ1) is 18.8. The summed E-state index contributed by atoms with van der Waals surface area (Å²) < 4.78 is 17.9. The lowest BCUT2D eigenvalue weighted by Gasteiger charge is -2.08. The average Bonchev–Trinajstić information content (AvgIpc) is 3.34. The van der Waals surface area contributed by atoms with E-state index in [2.05, 4.69) is 5.10 Å². The number of rotatable bonds is 4. The molecule has 0 aliphatic heterocycles. The van der Waals surface area contributed by atoms with E-state index in [0.717, 1.165) is 11.1 Å². The van der Waals surface area contributed by atoms with Crippen molar-refractivity contribution < 1.29 is 4.39 Å². The van der Waals surface area contributed by atoms with Crippen molar-refractivity contribution in [2.24, 2.45) is 0 Å². The van der Waals surface area contributed by atoms with Crippen molar-refractivity contribution in [1.29, 1.82) is 0 Å². The second kappa shape index (κ2) is 7.23. The van der Waals surface area contributed by atoms with Crippen LogP contribution in [0.1, 0.15) is 11.1 Å². The van der Waals surface area contributed by atoms with Crippen molar-refractivity contribution >= 4 is 38.9 Å². The van der Waals surface area contributed by atoms with Crippen LogP contribution in [0.4, 0.5) is 4.39 Å². The van der Waals surface area contributed by atoms with E-state index in [9.17, 15) is 14.0 Å². The molecule has 3 heterocycles. The van der Waals surface area contributed by atoms with Gasteiger partial charge in [-0.05, 0) is 46.8 Å². The molecule has 0 amide bonds. The van der Waals surface area contributed by atoms with Crippen LogP contribution in [0.25, 0.3) is 16.0 Å². The largest absolute Gasteiger partial charge is 0.352 e. The van der Waals surface area contributed by atoms with Gasteiger partial charge < -0.3 is 0 Å². The number of fused-ring (bicyclic) bond motifs is 3. The van der Waals surface area contributed by atoms with Crippen molar-refractivity contribution in [3.8, 4) is 0 Å². The topological polar surface area (TPSA) is 61.3 Å². The molecule has 0 radical (unpaired) electrons. The highest BCUT2D eigenvalue weighted by Gasteiger charge is 2.18. The molecule has 6 nitrogen and oxygen atoms in total. The molecule has 0 atom stereocenters. The summed E-state index contributed by atoms with van der Waals surface area (Å²) in [4.78, 5) is 26.3. The molecular weight excluding hydrogens is 427 g/mol. The molecule has 0 saturated heterocycles. The number of benzene rings is 2. The van der Waals surface area contributed by atoms with Crippen molar-refractivity contribution in [1.82, 2.24) is 18.7 Å². The van der Waals surface area contributed by atoms with Crippen LogP contribution in [0.15, 0.2) is 69.6 Å². The maximum absolute atomic E-state index is 13.2. The van der Waals surface area contributed by atoms with Crippen molar-refractivity contribution in [2.75, 3.05) is 0 Å². The highest BCUT2D eigenvalue weighted by Crippen LogP contribution is 2.18. The summed E-state index contributed by atoms with van der Waals surface area (Å²) in [6.07, 6.45) is 0. The first-order valence-corrected chi connectivity index (χ1v) is 10.4. The van der Waals surface area contributed by atoms with E-state index in [1.165, 1.54) is 37.1 Å². The first-order chi connectivity index (χ1) is 14.5. The Morgan fingerprint density at radius 1 is 0.933 bits per heavy atom. The maximum atomic E-state index is 13.2. The van der Waals surface area contributed by atoms with Gasteiger partial charge in [-0.1, -0.05) is 35.9 Å². The molecule has 150 valence electrons. The fourth-order valence-corrected chi connectivity index (χ4v) is 4.36. The Kier molecular flexibility index (Phi) is 4.52. The molecule has 0 unspecified atom stereocenters. The van der Waals surface area contributed by atoms with Gasteiger partial charge in [0.05, 0.1) is 18.6 Å². The fraction of sp³-hybridized carbons (Fsp3) is 0.0952. The smallest absolute Gasteiger partial charge is 0.271 e. The quantitative estimate of drug-likeness (QED) is 0.427. The molecule has 9 heteroatoms. The number of aromatic nitrogens is 4. The second-order valence-electron chi connectivity index (χ2n) is 6.85. The SMILES string of the molecule is O=c1c2sccc2n2c(=O)n(Cc3ccc(F)cc3)nc2n1Cc1ccc(Cl)cc1. The van der Waals surface area contributed by atoms with Crippen LogP contribution >= 0.6 is 22.9 Å². The van der Waals surface area contributed by atoms with Crippen LogP contribution in [0, 0.1) is 5.82 Å². The van der Waals surface area contributed by atoms with Gasteiger partial charge in [0.1, 0.15) is 10.5 Å². The highest BCUT2D eigenvalue weighted by atomic mass is 35.5. The molecule has 0 spiro atoms. The number of thiophene rings is 1. The second-order valence-corrected chi connectivity index (χ2v) is 8.21. The molecule has 0 bridgehead atoms. The van der Waals surface area contributed by atoms with Crippen LogP contribution in [-0.4, -0.2) is 18.7 Å². The van der Waals surface area contributed by atoms with Crippen LogP contribution in [0.5, 0.6) is 0 Å². The zero-order chi connectivity index (χ0) is 20.8. The van der Waals surface area contributed by atoms with Gasteiger partial charge in [-0.25, -0.2) is 18.3 Å². The molecular formula is C21H14ClFN4O2S. The van der Waals surface area contributed by atoms with Crippen molar-refractivity contribution in [3.05, 3.63) is 103 Å². The summed E-state index contributed by atoms with van der Waals surface area (Å²) in [6.45, 7) is 0.419. The lowest BCUT2D eigenvalue weighted by molar-refractivity contribution is 0.622. The predicted octanol–water partition coefficient (Wildman–Crippen LogP) is 3.76. The molecule has 30 heavy (non-hydrogen) atoms. The number of hydrogen-bond donors (Lipinski definition) is 0. The van der Waals surface area contributed by atoms with Gasteiger partial charge >= 0.3 is 5.69 Å². The minimum Gasteiger partial charge on any atom is -0.271 e. The molecule has 0 saturated carbocycles. The summed E-state index contributed by atoms with van der Waals surface area (Å²) >= 11 is 7.25. The molecule has 0 N–H and O–H groups in total. The Morgan fingerprint density at radius 2 is 1.60 bits per heavy atom. The zero-order valence-electron chi connectivity index (χ0n) is 15.5. The fourth-order valence-electron chi connectivity index (χ4n) is 3.41. The maximum Gasteiger partial charge on any atom is 0.352 e. The van der Waals surface area contributed by atoms with Crippen molar-refractivity contribution in [2.45, 2.75) is 13.1 Å². The van der Waals surface area contributed by atoms with E-state index < -0.39 is 0 Å². The van der Waals surface area contributed by atoms with Gasteiger partial charge in [-0.3, -0.25) is 9.36 Å². The van der Waals surface area contributed by atoms with Gasteiger partial charge in [-0.2, -0.15) is 0 Å². The van der Waals surface area contributed by atoms with E-state index in [1.807, 2.05) is 12.1 Å². The molecule has 5 rings (SSSR count). The molecule has 5 aromatic rings. The van der Waals surface area contributed by atoms with Crippen LogP contribution in [-0.2, 0) is 13.1 Å². The van der Waals surface area contributed by atoms with E-state index in [4.69, 9.17) is 11.6 Å². The van der Waals surface area contributed by atoms with Crippen LogP contribution < -0.4 is 11.2 Å². The Bertz CT molecular complexity index is 1500. The highest BCUT2D eigenvalue weighted by molar-refractivity contribution is 7.17. The minimum atomic E-state index is -0.359. The number of nitrogens with zero attached hydrogens (tertiary/aromatic N) is 4. The van der Waals surface area contributed by atoms with E-state index in [0.29, 0.717) is 15.2 Å². The van der Waals surface area contributed by atoms with Gasteiger partial charge in [0, 0.05) is 5.02 Å². The predicted molar refractivity (Wildman–Crippen MR) is 115 cm³/mol. The Hall–Kier alpha value is -3.23. The summed E-state index contributed by atoms with van der Waals surface area (Å²) in [5.74, 6) is -0.0918. The standard InChI is InChI=1S/C21H14ClFN4O2S/c22-15-5-1-13(2-6-15)11-25-19(28)18-17(9-10-30-18)27-20(25)24-26(21(27)29)12-14-3-7-16(23)8-4-14/h1-10H,11-12H2. The monoisotopic (exact) mass is 440 g/mol. The first-order valence-electron chi connectivity index (χ1n) is 9.10. The van der Waals surface area contributed by atoms with Crippen LogP contribution in [0.2, 0.25) is 5.02 Å². The Balaban J connectivity index is 1.71. The third-order valence-corrected chi connectivity index (χ3v) is 6.03. The lowest BCUT2D eigenvalue weighted by atomic mass is 10.2. The van der Waals surface area contributed by atoms with E-state index >= 15 is 0 Å². The average molecular weight is 441 g/mol. The summed E-state index contributed by atoms with van der Waals surface area (Å²) in [7, 11) is 0. The molecule has 0 aliphatic carbocycles. The normalized spacial score (nSPS) is 11.5. The van der Waals surface area contributed by atoms with E-state index in [-0.39, 0.29) is 35.9 Å². The third-order valence-electron chi connectivity index (χ3n) is 4.89.